The lowest BCUT2D eigenvalue weighted by atomic mass is 9.88. The van der Waals surface area contributed by atoms with E-state index in [2.05, 4.69) is 0 Å². The minimum Gasteiger partial charge on any atom is -0.465 e. The van der Waals surface area contributed by atoms with Gasteiger partial charge < -0.3 is 101 Å². The first-order valence-electron chi connectivity index (χ1n) is 35.2. The van der Waals surface area contributed by atoms with Crippen molar-refractivity contribution in [3.63, 3.8) is 0 Å². The number of non-ortho nitro benzene ring substituents is 1. The molecule has 0 aromatic heterocycles. The number of nitro groups is 1. The highest BCUT2D eigenvalue weighted by Crippen LogP contribution is 2.44. The number of aliphatic hydroxyl groups excluding tert-OH is 2. The predicted molar refractivity (Wildman–Crippen MR) is 374 cm³/mol. The van der Waals surface area contributed by atoms with Gasteiger partial charge in [-0.2, -0.15) is 0 Å². The summed E-state index contributed by atoms with van der Waals surface area (Å²) in [5.41, 5.74) is 10.4. The number of carbonyl (C=O) groups excluding carboxylic acids is 5. The zero-order valence-electron chi connectivity index (χ0n) is 60.3. The lowest BCUT2D eigenvalue weighted by Crippen LogP contribution is -2.71. The standard InChI is InChI=1S/C78H92N2O27/c1-46-65(104-75-72(95-43-56-31-21-12-22-32-56)70(94-42-55-29-19-11-20-30-55)66(47(2)96-75)93-41-54-27-17-10-18-28-54)67(61(44-91-39-52-23-13-8-14-24-52)102-74(46)101-58-35-33-57(34-36-58)80(88)89)105-76-73(100-51(6)85)71(68(99-50(5)84)62(103-76)45-92-40-53-25-15-9-16-26-53)107-78(77(87)90-7)37-59(97-48(3)82)63(79)69(106-78)64(86)60(38-81)98-49(4)83/h8-36,46-47,59-76,81,86H,37-45,79H2,1-7H3/t46?,47?,59?,60-,61?,62?,63?,64-,65?,66?,67?,68?,69?,70?,71?,72?,73?,74?,75?,76?,78?/m1/s1. The maximum Gasteiger partial charge on any atom is 0.366 e. The topological polar surface area (TPSA) is 361 Å². The first-order chi connectivity index (χ1) is 51.6. The number of esters is 5. The van der Waals surface area contributed by atoms with Crippen molar-refractivity contribution in [1.82, 2.24) is 0 Å². The minimum absolute atomic E-state index is 0.00164. The van der Waals surface area contributed by atoms with Crippen LogP contribution in [-0.2, 0) is 138 Å². The molecule has 4 saturated heterocycles. The molecular weight excluding hydrogens is 1400 g/mol. The largest absolute Gasteiger partial charge is 0.465 e. The summed E-state index contributed by atoms with van der Waals surface area (Å²) >= 11 is 0. The second-order valence-corrected chi connectivity index (χ2v) is 26.3. The Labute approximate surface area is 618 Å². The number of carbonyl (C=O) groups is 5. The number of hydrogen-bond acceptors (Lipinski definition) is 28. The fourth-order valence-electron chi connectivity index (χ4n) is 13.2. The molecule has 29 nitrogen and oxygen atoms in total. The van der Waals surface area contributed by atoms with Gasteiger partial charge in [-0.25, -0.2) is 4.79 Å². The van der Waals surface area contributed by atoms with E-state index in [-0.39, 0.29) is 51.1 Å². The quantitative estimate of drug-likeness (QED) is 0.0155. The molecule has 107 heavy (non-hydrogen) atoms. The molecule has 0 aliphatic carbocycles. The predicted octanol–water partition coefficient (Wildman–Crippen LogP) is 7.22. The second-order valence-electron chi connectivity index (χ2n) is 26.3. The van der Waals surface area contributed by atoms with Gasteiger partial charge in [0.2, 0.25) is 6.29 Å². The third kappa shape index (κ3) is 21.8. The van der Waals surface area contributed by atoms with E-state index in [1.165, 1.54) is 24.3 Å². The van der Waals surface area contributed by atoms with Gasteiger partial charge in [-0.15, -0.1) is 0 Å². The molecule has 0 radical (unpaired) electrons. The lowest BCUT2D eigenvalue weighted by molar-refractivity contribution is -0.394. The number of nitrogens with zero attached hydrogens (tertiary/aromatic N) is 1. The highest BCUT2D eigenvalue weighted by molar-refractivity contribution is 5.78. The SMILES string of the molecule is COC(=O)C1(OC2C(OC(C)=O)C(COCc3ccccc3)OC(OC3C(COCc4ccccc4)OC(Oc4ccc([N+](=O)[O-])cc4)C(C)C3OC3OC(C)C(OCc4ccccc4)C(OCc4ccccc4)C3OCc3ccccc3)C2OC(C)=O)CC(OC(C)=O)C(N)C([C@H](O)[C@@H](CO)OC(C)=O)O1. The first-order valence-corrected chi connectivity index (χ1v) is 35.2. The van der Waals surface area contributed by atoms with Gasteiger partial charge in [0.1, 0.15) is 66.8 Å². The number of benzene rings is 6. The summed E-state index contributed by atoms with van der Waals surface area (Å²) in [6, 6.07) is 50.4. The van der Waals surface area contributed by atoms with Crippen molar-refractivity contribution in [2.24, 2.45) is 11.7 Å². The molecule has 21 atom stereocenters. The highest BCUT2D eigenvalue weighted by Gasteiger charge is 2.63. The number of methoxy groups -OCH3 is 1. The number of aliphatic hydroxyl groups is 2. The molecule has 29 heteroatoms. The summed E-state index contributed by atoms with van der Waals surface area (Å²) in [6.07, 6.45) is -28.6. The van der Waals surface area contributed by atoms with E-state index >= 15 is 4.79 Å². The number of hydrogen-bond donors (Lipinski definition) is 3. The number of rotatable bonds is 34. The van der Waals surface area contributed by atoms with Crippen molar-refractivity contribution in [3.8, 4) is 5.75 Å². The van der Waals surface area contributed by atoms with Crippen LogP contribution in [0.5, 0.6) is 5.75 Å². The van der Waals surface area contributed by atoms with Crippen LogP contribution in [0.4, 0.5) is 5.69 Å². The molecule has 19 unspecified atom stereocenters. The fourth-order valence-corrected chi connectivity index (χ4v) is 13.2. The minimum atomic E-state index is -2.96. The van der Waals surface area contributed by atoms with Gasteiger partial charge in [0.05, 0.1) is 89.6 Å². The Hall–Kier alpha value is -8.73. The van der Waals surface area contributed by atoms with Crippen LogP contribution in [0.1, 0.15) is 75.8 Å². The summed E-state index contributed by atoms with van der Waals surface area (Å²) in [4.78, 5) is 79.8. The highest BCUT2D eigenvalue weighted by atomic mass is 16.8. The maximum absolute atomic E-state index is 15.0. The van der Waals surface area contributed by atoms with Crippen LogP contribution >= 0.6 is 0 Å². The van der Waals surface area contributed by atoms with Crippen LogP contribution in [0.15, 0.2) is 176 Å². The Morgan fingerprint density at radius 1 is 0.542 bits per heavy atom. The first kappa shape index (κ1) is 80.8. The van der Waals surface area contributed by atoms with E-state index in [1.807, 2.05) is 134 Å². The molecule has 4 fully saturated rings. The average molecular weight is 1490 g/mol. The summed E-state index contributed by atoms with van der Waals surface area (Å²) in [5.74, 6) is -9.07. The van der Waals surface area contributed by atoms with Crippen LogP contribution in [-0.4, -0.2) is 194 Å². The molecule has 4 aliphatic heterocycles. The number of nitro benzene ring substituents is 1. The third-order valence-corrected chi connectivity index (χ3v) is 18.4. The molecule has 10 rings (SSSR count). The summed E-state index contributed by atoms with van der Waals surface area (Å²) in [5, 5.41) is 34.6. The molecule has 0 spiro atoms. The molecule has 6 aromatic carbocycles. The average Bonchev–Trinajstić information content (AvgIpc) is 0.748. The molecule has 0 saturated carbocycles. The van der Waals surface area contributed by atoms with Crippen molar-refractivity contribution < 1.29 is 124 Å². The molecule has 4 N–H and O–H groups in total. The summed E-state index contributed by atoms with van der Waals surface area (Å²) in [6.45, 7) is 6.04. The fraction of sp³-hybridized carbons (Fsp3) is 0.474. The van der Waals surface area contributed by atoms with Gasteiger partial charge in [-0.3, -0.25) is 29.3 Å². The van der Waals surface area contributed by atoms with Crippen molar-refractivity contribution in [2.45, 2.75) is 203 Å². The van der Waals surface area contributed by atoms with Gasteiger partial charge in [0.25, 0.3) is 11.5 Å². The van der Waals surface area contributed by atoms with Gasteiger partial charge >= 0.3 is 29.8 Å². The Morgan fingerprint density at radius 2 is 0.991 bits per heavy atom. The molecule has 576 valence electrons. The molecule has 6 aromatic rings. The van der Waals surface area contributed by atoms with Crippen LogP contribution < -0.4 is 10.5 Å². The summed E-state index contributed by atoms with van der Waals surface area (Å²) < 4.78 is 119. The Morgan fingerprint density at radius 3 is 1.47 bits per heavy atom. The maximum atomic E-state index is 15.0. The molecular formula is C78H92N2O27. The van der Waals surface area contributed by atoms with E-state index in [1.54, 1.807) is 31.2 Å². The van der Waals surface area contributed by atoms with Crippen LogP contribution in [0.3, 0.4) is 0 Å². The van der Waals surface area contributed by atoms with E-state index in [9.17, 15) is 39.5 Å². The van der Waals surface area contributed by atoms with E-state index < -0.39 is 183 Å². The number of ether oxygens (including phenoxy) is 18. The Kier molecular flexibility index (Phi) is 29.4. The van der Waals surface area contributed by atoms with Crippen molar-refractivity contribution in [2.75, 3.05) is 26.9 Å². The monoisotopic (exact) mass is 1490 g/mol. The van der Waals surface area contributed by atoms with Gasteiger partial charge in [0.15, 0.2) is 30.9 Å². The Balaban J connectivity index is 1.13. The van der Waals surface area contributed by atoms with Crippen LogP contribution in [0, 0.1) is 16.0 Å². The number of nitrogens with two attached hydrogens (primary N) is 1. The van der Waals surface area contributed by atoms with Crippen LogP contribution in [0.2, 0.25) is 0 Å². The van der Waals surface area contributed by atoms with Crippen LogP contribution in [0.25, 0.3) is 0 Å². The van der Waals surface area contributed by atoms with Crippen molar-refractivity contribution >= 4 is 35.5 Å². The molecule has 4 aliphatic rings. The zero-order valence-corrected chi connectivity index (χ0v) is 60.3. The molecule has 0 amide bonds. The van der Waals surface area contributed by atoms with Crippen molar-refractivity contribution in [3.05, 3.63) is 214 Å². The van der Waals surface area contributed by atoms with Crippen molar-refractivity contribution in [1.29, 1.82) is 0 Å². The normalized spacial score (nSPS) is 29.1. The second kappa shape index (κ2) is 38.9. The molecule has 0 bridgehead atoms. The third-order valence-electron chi connectivity index (χ3n) is 18.4. The van der Waals surface area contributed by atoms with Gasteiger partial charge in [0, 0.05) is 45.7 Å². The zero-order chi connectivity index (χ0) is 76.2. The van der Waals surface area contributed by atoms with Gasteiger partial charge in [-0.05, 0) is 46.9 Å². The smallest absolute Gasteiger partial charge is 0.366 e. The van der Waals surface area contributed by atoms with Gasteiger partial charge in [-0.1, -0.05) is 159 Å². The van der Waals surface area contributed by atoms with E-state index in [0.29, 0.717) is 5.56 Å². The lowest BCUT2D eigenvalue weighted by Gasteiger charge is -2.52. The summed E-state index contributed by atoms with van der Waals surface area (Å²) in [7, 11) is 0.961. The Bertz CT molecular complexity index is 3780. The van der Waals surface area contributed by atoms with E-state index in [0.717, 1.165) is 57.1 Å². The van der Waals surface area contributed by atoms with E-state index in [4.69, 9.17) is 91.0 Å². The molecule has 4 heterocycles.